The molecule has 5 nitrogen and oxygen atoms in total. The van der Waals surface area contributed by atoms with Crippen molar-refractivity contribution in [1.29, 1.82) is 0 Å². The zero-order valence-electron chi connectivity index (χ0n) is 10.9. The molecule has 1 fully saturated rings. The minimum absolute atomic E-state index is 0.0266. The monoisotopic (exact) mass is 257 g/mol. The van der Waals surface area contributed by atoms with E-state index in [1.165, 1.54) is 0 Å². The molecular formula is C13H23NO4. The smallest absolute Gasteiger partial charge is 0.310 e. The number of hydrogen-bond acceptors (Lipinski definition) is 3. The lowest BCUT2D eigenvalue weighted by molar-refractivity contribution is -0.154. The van der Waals surface area contributed by atoms with Gasteiger partial charge in [-0.25, -0.2) is 0 Å². The van der Waals surface area contributed by atoms with E-state index in [-0.39, 0.29) is 25.0 Å². The molecule has 1 saturated carbocycles. The van der Waals surface area contributed by atoms with Crippen molar-refractivity contribution in [3.05, 3.63) is 0 Å². The Bertz CT molecular complexity index is 293. The molecule has 0 aromatic rings. The van der Waals surface area contributed by atoms with Crippen LogP contribution in [0, 0.1) is 5.41 Å². The second kappa shape index (κ2) is 6.73. The summed E-state index contributed by atoms with van der Waals surface area (Å²) in [5.74, 6) is -1.13. The molecular weight excluding hydrogens is 234 g/mol. The predicted octanol–water partition coefficient (Wildman–Crippen LogP) is 1.30. The molecule has 0 saturated heterocycles. The average Bonchev–Trinajstić information content (AvgIpc) is 2.36. The molecule has 1 aliphatic carbocycles. The SMILES string of the molecule is CCC(CO)NC(=O)CC1(C(=O)O)CCCCC1. The second-order valence-electron chi connectivity index (χ2n) is 5.18. The molecule has 0 heterocycles. The maximum atomic E-state index is 11.9. The third kappa shape index (κ3) is 3.70. The van der Waals surface area contributed by atoms with Gasteiger partial charge < -0.3 is 15.5 Å². The first-order valence-corrected chi connectivity index (χ1v) is 6.67. The number of nitrogens with one attached hydrogen (secondary N) is 1. The van der Waals surface area contributed by atoms with Gasteiger partial charge in [0.2, 0.25) is 5.91 Å². The van der Waals surface area contributed by atoms with Gasteiger partial charge in [0.05, 0.1) is 18.1 Å². The van der Waals surface area contributed by atoms with Crippen LogP contribution in [0.15, 0.2) is 0 Å². The summed E-state index contributed by atoms with van der Waals surface area (Å²) in [6.45, 7) is 1.76. The highest BCUT2D eigenvalue weighted by Crippen LogP contribution is 2.39. The number of aliphatic hydroxyl groups is 1. The van der Waals surface area contributed by atoms with Crippen LogP contribution in [-0.4, -0.2) is 34.7 Å². The third-order valence-corrected chi connectivity index (χ3v) is 3.84. The highest BCUT2D eigenvalue weighted by Gasteiger charge is 2.41. The fourth-order valence-corrected chi connectivity index (χ4v) is 2.56. The standard InChI is InChI=1S/C13H23NO4/c1-2-10(9-15)14-11(16)8-13(12(17)18)6-4-3-5-7-13/h10,15H,2-9H2,1H3,(H,14,16)(H,17,18). The number of aliphatic hydroxyl groups excluding tert-OH is 1. The first kappa shape index (κ1) is 15.0. The Balaban J connectivity index is 2.61. The van der Waals surface area contributed by atoms with Crippen LogP contribution in [-0.2, 0) is 9.59 Å². The first-order valence-electron chi connectivity index (χ1n) is 6.67. The Morgan fingerprint density at radius 2 is 1.89 bits per heavy atom. The van der Waals surface area contributed by atoms with Crippen LogP contribution in [0.4, 0.5) is 0 Å². The van der Waals surface area contributed by atoms with Crippen molar-refractivity contribution in [3.8, 4) is 0 Å². The summed E-state index contributed by atoms with van der Waals surface area (Å²) in [5.41, 5.74) is -0.893. The Morgan fingerprint density at radius 1 is 1.28 bits per heavy atom. The highest BCUT2D eigenvalue weighted by atomic mass is 16.4. The zero-order valence-corrected chi connectivity index (χ0v) is 10.9. The summed E-state index contributed by atoms with van der Waals surface area (Å²) >= 11 is 0. The minimum Gasteiger partial charge on any atom is -0.481 e. The van der Waals surface area contributed by atoms with Crippen LogP contribution in [0.1, 0.15) is 51.9 Å². The van der Waals surface area contributed by atoms with Gasteiger partial charge in [0.1, 0.15) is 0 Å². The number of hydrogen-bond donors (Lipinski definition) is 3. The van der Waals surface area contributed by atoms with Gasteiger partial charge in [0.15, 0.2) is 0 Å². The summed E-state index contributed by atoms with van der Waals surface area (Å²) in [4.78, 5) is 23.3. The van der Waals surface area contributed by atoms with Gasteiger partial charge in [0, 0.05) is 6.42 Å². The third-order valence-electron chi connectivity index (χ3n) is 3.84. The van der Waals surface area contributed by atoms with Crippen LogP contribution in [0.5, 0.6) is 0 Å². The van der Waals surface area contributed by atoms with E-state index >= 15 is 0 Å². The molecule has 104 valence electrons. The van der Waals surface area contributed by atoms with Gasteiger partial charge >= 0.3 is 5.97 Å². The molecule has 1 atom stereocenters. The van der Waals surface area contributed by atoms with E-state index < -0.39 is 11.4 Å². The molecule has 0 aromatic carbocycles. The topological polar surface area (TPSA) is 86.6 Å². The number of carbonyl (C=O) groups excluding carboxylic acids is 1. The number of carboxylic acid groups (broad SMARTS) is 1. The maximum absolute atomic E-state index is 11.9. The molecule has 5 heteroatoms. The Morgan fingerprint density at radius 3 is 2.33 bits per heavy atom. The molecule has 1 amide bonds. The summed E-state index contributed by atoms with van der Waals surface area (Å²) < 4.78 is 0. The van der Waals surface area contributed by atoms with E-state index in [4.69, 9.17) is 5.11 Å². The molecule has 18 heavy (non-hydrogen) atoms. The molecule has 1 unspecified atom stereocenters. The van der Waals surface area contributed by atoms with Crippen molar-refractivity contribution in [3.63, 3.8) is 0 Å². The van der Waals surface area contributed by atoms with Gasteiger partial charge in [-0.2, -0.15) is 0 Å². The lowest BCUT2D eigenvalue weighted by Crippen LogP contribution is -2.43. The predicted molar refractivity (Wildman–Crippen MR) is 67.1 cm³/mol. The van der Waals surface area contributed by atoms with Crippen molar-refractivity contribution in [2.24, 2.45) is 5.41 Å². The lowest BCUT2D eigenvalue weighted by Gasteiger charge is -2.32. The number of carbonyl (C=O) groups is 2. The fraction of sp³-hybridized carbons (Fsp3) is 0.846. The van der Waals surface area contributed by atoms with Crippen LogP contribution in [0.25, 0.3) is 0 Å². The van der Waals surface area contributed by atoms with E-state index in [0.717, 1.165) is 19.3 Å². The van der Waals surface area contributed by atoms with Crippen LogP contribution in [0.2, 0.25) is 0 Å². The van der Waals surface area contributed by atoms with Crippen LogP contribution in [0.3, 0.4) is 0 Å². The number of carboxylic acids is 1. The quantitative estimate of drug-likeness (QED) is 0.669. The van der Waals surface area contributed by atoms with E-state index in [2.05, 4.69) is 5.32 Å². The van der Waals surface area contributed by atoms with Crippen molar-refractivity contribution in [1.82, 2.24) is 5.32 Å². The first-order chi connectivity index (χ1) is 8.54. The molecule has 1 aliphatic rings. The number of aliphatic carboxylic acids is 1. The maximum Gasteiger partial charge on any atom is 0.310 e. The fourth-order valence-electron chi connectivity index (χ4n) is 2.56. The Hall–Kier alpha value is -1.10. The summed E-state index contributed by atoms with van der Waals surface area (Å²) in [7, 11) is 0. The van der Waals surface area contributed by atoms with Crippen molar-refractivity contribution < 1.29 is 19.8 Å². The number of rotatable bonds is 6. The number of amides is 1. The molecule has 0 bridgehead atoms. The van der Waals surface area contributed by atoms with Crippen LogP contribution < -0.4 is 5.32 Å². The molecule has 3 N–H and O–H groups in total. The lowest BCUT2D eigenvalue weighted by atomic mass is 9.71. The van der Waals surface area contributed by atoms with Gasteiger partial charge in [-0.05, 0) is 19.3 Å². The highest BCUT2D eigenvalue weighted by molar-refractivity contribution is 5.85. The summed E-state index contributed by atoms with van der Waals surface area (Å²) in [6.07, 6.45) is 4.61. The van der Waals surface area contributed by atoms with Crippen molar-refractivity contribution >= 4 is 11.9 Å². The normalized spacial score (nSPS) is 20.1. The van der Waals surface area contributed by atoms with Gasteiger partial charge in [-0.15, -0.1) is 0 Å². The molecule has 0 aliphatic heterocycles. The van der Waals surface area contributed by atoms with E-state index in [1.54, 1.807) is 0 Å². The second-order valence-corrected chi connectivity index (χ2v) is 5.18. The van der Waals surface area contributed by atoms with E-state index in [9.17, 15) is 14.7 Å². The molecule has 1 rings (SSSR count). The van der Waals surface area contributed by atoms with E-state index in [1.807, 2.05) is 6.92 Å². The van der Waals surface area contributed by atoms with Crippen LogP contribution >= 0.6 is 0 Å². The average molecular weight is 257 g/mol. The largest absolute Gasteiger partial charge is 0.481 e. The zero-order chi connectivity index (χ0) is 13.6. The minimum atomic E-state index is -0.893. The van der Waals surface area contributed by atoms with Gasteiger partial charge in [-0.3, -0.25) is 9.59 Å². The van der Waals surface area contributed by atoms with Gasteiger partial charge in [0.25, 0.3) is 0 Å². The molecule has 0 radical (unpaired) electrons. The van der Waals surface area contributed by atoms with Crippen molar-refractivity contribution in [2.75, 3.05) is 6.61 Å². The molecule has 0 spiro atoms. The van der Waals surface area contributed by atoms with Gasteiger partial charge in [-0.1, -0.05) is 26.2 Å². The van der Waals surface area contributed by atoms with Crippen molar-refractivity contribution in [2.45, 2.75) is 57.9 Å². The van der Waals surface area contributed by atoms with E-state index in [0.29, 0.717) is 19.3 Å². The molecule has 0 aromatic heterocycles. The Labute approximate surface area is 108 Å². The Kier molecular flexibility index (Phi) is 5.59. The summed E-state index contributed by atoms with van der Waals surface area (Å²) in [6, 6.07) is -0.271. The summed E-state index contributed by atoms with van der Waals surface area (Å²) in [5, 5.41) is 21.1.